The van der Waals surface area contributed by atoms with Crippen LogP contribution in [0.25, 0.3) is 0 Å². The van der Waals surface area contributed by atoms with Gasteiger partial charge in [0.25, 0.3) is 0 Å². The molecule has 1 N–H and O–H groups in total. The van der Waals surface area contributed by atoms with Crippen LogP contribution in [0.15, 0.2) is 30.3 Å². The Hall–Kier alpha value is -0.710. The highest BCUT2D eigenvalue weighted by Crippen LogP contribution is 2.35. The molecule has 1 aromatic rings. The first-order valence-corrected chi connectivity index (χ1v) is 7.39. The summed E-state index contributed by atoms with van der Waals surface area (Å²) in [4.78, 5) is 14.2. The molecule has 19 heavy (non-hydrogen) atoms. The molecule has 5 heteroatoms. The highest BCUT2D eigenvalue weighted by molar-refractivity contribution is 8.00. The largest absolute Gasteiger partial charge is 0.333 e. The Labute approximate surface area is 125 Å². The fraction of sp³-hybridized carbons (Fsp3) is 0.500. The van der Waals surface area contributed by atoms with Gasteiger partial charge in [-0.05, 0) is 12.6 Å². The summed E-state index contributed by atoms with van der Waals surface area (Å²) in [5, 5.41) is 3.40. The molecular formula is C14H21ClN2OS. The molecule has 1 aliphatic rings. The molecule has 0 aromatic heterocycles. The Bertz CT molecular complexity index is 402. The summed E-state index contributed by atoms with van der Waals surface area (Å²) in [6.07, 6.45) is 0. The summed E-state index contributed by atoms with van der Waals surface area (Å²) in [6, 6.07) is 10.5. The van der Waals surface area contributed by atoms with Gasteiger partial charge in [-0.2, -0.15) is 11.8 Å². The Kier molecular flexibility index (Phi) is 6.69. The molecular weight excluding hydrogens is 280 g/mol. The minimum Gasteiger partial charge on any atom is -0.333 e. The third-order valence-corrected chi connectivity index (χ3v) is 4.48. The minimum absolute atomic E-state index is 0. The lowest BCUT2D eigenvalue weighted by Crippen LogP contribution is -2.46. The average Bonchev–Trinajstić information content (AvgIpc) is 2.39. The first-order chi connectivity index (χ1) is 8.74. The van der Waals surface area contributed by atoms with Gasteiger partial charge < -0.3 is 10.2 Å². The fourth-order valence-electron chi connectivity index (χ4n) is 2.45. The summed E-state index contributed by atoms with van der Waals surface area (Å²) in [5.41, 5.74) is 1.24. The average molecular weight is 301 g/mol. The highest BCUT2D eigenvalue weighted by Gasteiger charge is 2.32. The molecule has 0 saturated carbocycles. The van der Waals surface area contributed by atoms with Gasteiger partial charge >= 0.3 is 0 Å². The molecule has 1 aliphatic heterocycles. The normalized spacial score (nSPS) is 22.7. The van der Waals surface area contributed by atoms with Crippen LogP contribution in [-0.2, 0) is 4.79 Å². The summed E-state index contributed by atoms with van der Waals surface area (Å²) in [7, 11) is 1.82. The van der Waals surface area contributed by atoms with Crippen molar-refractivity contribution in [3.8, 4) is 0 Å². The molecule has 3 nitrogen and oxygen atoms in total. The van der Waals surface area contributed by atoms with Crippen LogP contribution in [0, 0.1) is 0 Å². The second-order valence-corrected chi connectivity index (χ2v) is 6.03. The quantitative estimate of drug-likeness (QED) is 0.930. The molecule has 1 saturated heterocycles. The predicted molar refractivity (Wildman–Crippen MR) is 84.0 cm³/mol. The number of amides is 1. The number of hydrogen-bond acceptors (Lipinski definition) is 3. The van der Waals surface area contributed by atoms with Crippen LogP contribution in [0.5, 0.6) is 0 Å². The van der Waals surface area contributed by atoms with Gasteiger partial charge in [0.05, 0.1) is 12.6 Å². The number of carbonyl (C=O) groups is 1. The number of thioether (sulfide) groups is 1. The van der Waals surface area contributed by atoms with Crippen molar-refractivity contribution in [1.82, 2.24) is 10.2 Å². The monoisotopic (exact) mass is 300 g/mol. The van der Waals surface area contributed by atoms with Gasteiger partial charge in [-0.25, -0.2) is 0 Å². The van der Waals surface area contributed by atoms with E-state index in [2.05, 4.69) is 24.4 Å². The molecule has 1 amide bonds. The van der Waals surface area contributed by atoms with Crippen LogP contribution < -0.4 is 5.32 Å². The second-order valence-electron chi connectivity index (χ2n) is 4.55. The molecule has 1 fully saturated rings. The SMILES string of the molecule is CNCC(=O)N1CCSC(C)C1c1ccccc1.Cl. The molecule has 0 aliphatic carbocycles. The molecule has 2 atom stereocenters. The maximum absolute atomic E-state index is 12.2. The standard InChI is InChI=1S/C14H20N2OS.ClH/c1-11-14(12-6-4-3-5-7-12)16(8-9-18-11)13(17)10-15-2;/h3-7,11,14-15H,8-10H2,1-2H3;1H. The summed E-state index contributed by atoms with van der Waals surface area (Å²) < 4.78 is 0. The van der Waals surface area contributed by atoms with Crippen LogP contribution in [-0.4, -0.2) is 41.9 Å². The van der Waals surface area contributed by atoms with Gasteiger partial charge in [0.2, 0.25) is 5.91 Å². The maximum Gasteiger partial charge on any atom is 0.237 e. The van der Waals surface area contributed by atoms with Gasteiger partial charge in [0, 0.05) is 17.5 Å². The van der Waals surface area contributed by atoms with Crippen LogP contribution in [0.3, 0.4) is 0 Å². The van der Waals surface area contributed by atoms with Gasteiger partial charge in [-0.3, -0.25) is 4.79 Å². The smallest absolute Gasteiger partial charge is 0.237 e. The molecule has 1 aromatic carbocycles. The van der Waals surface area contributed by atoms with Crippen LogP contribution >= 0.6 is 24.2 Å². The van der Waals surface area contributed by atoms with E-state index in [0.29, 0.717) is 11.8 Å². The van der Waals surface area contributed by atoms with Gasteiger partial charge in [-0.15, -0.1) is 12.4 Å². The van der Waals surface area contributed by atoms with Gasteiger partial charge in [0.15, 0.2) is 0 Å². The zero-order chi connectivity index (χ0) is 13.0. The lowest BCUT2D eigenvalue weighted by molar-refractivity contribution is -0.132. The Morgan fingerprint density at radius 2 is 2.11 bits per heavy atom. The van der Waals surface area contributed by atoms with E-state index in [-0.39, 0.29) is 24.4 Å². The summed E-state index contributed by atoms with van der Waals surface area (Å²) in [5.74, 6) is 1.22. The fourth-order valence-corrected chi connectivity index (χ4v) is 3.61. The number of benzene rings is 1. The first kappa shape index (κ1) is 16.3. The van der Waals surface area contributed by atoms with Crippen molar-refractivity contribution in [2.45, 2.75) is 18.2 Å². The molecule has 106 valence electrons. The van der Waals surface area contributed by atoms with E-state index in [4.69, 9.17) is 0 Å². The Morgan fingerprint density at radius 1 is 1.42 bits per heavy atom. The van der Waals surface area contributed by atoms with Crippen molar-refractivity contribution in [1.29, 1.82) is 0 Å². The van der Waals surface area contributed by atoms with Crippen molar-refractivity contribution in [2.75, 3.05) is 25.9 Å². The molecule has 2 rings (SSSR count). The third kappa shape index (κ3) is 3.88. The Morgan fingerprint density at radius 3 is 2.74 bits per heavy atom. The van der Waals surface area contributed by atoms with Crippen molar-refractivity contribution < 1.29 is 4.79 Å². The zero-order valence-electron chi connectivity index (χ0n) is 11.3. The molecule has 0 bridgehead atoms. The number of nitrogens with zero attached hydrogens (tertiary/aromatic N) is 1. The zero-order valence-corrected chi connectivity index (χ0v) is 13.0. The van der Waals surface area contributed by atoms with E-state index < -0.39 is 0 Å². The van der Waals surface area contributed by atoms with Crippen molar-refractivity contribution >= 4 is 30.1 Å². The minimum atomic E-state index is 0. The number of halogens is 1. The maximum atomic E-state index is 12.2. The molecule has 1 heterocycles. The number of hydrogen-bond donors (Lipinski definition) is 1. The number of nitrogens with one attached hydrogen (secondary N) is 1. The summed E-state index contributed by atoms with van der Waals surface area (Å²) in [6.45, 7) is 3.47. The molecule has 0 radical (unpaired) electrons. The predicted octanol–water partition coefficient (Wildman–Crippen LogP) is 2.33. The van der Waals surface area contributed by atoms with Crippen LogP contribution in [0.4, 0.5) is 0 Å². The highest BCUT2D eigenvalue weighted by atomic mass is 35.5. The lowest BCUT2D eigenvalue weighted by Gasteiger charge is -2.40. The van der Waals surface area contributed by atoms with E-state index in [1.165, 1.54) is 5.56 Å². The van der Waals surface area contributed by atoms with E-state index in [0.717, 1.165) is 12.3 Å². The first-order valence-electron chi connectivity index (χ1n) is 6.34. The van der Waals surface area contributed by atoms with Crippen LogP contribution in [0.1, 0.15) is 18.5 Å². The van der Waals surface area contributed by atoms with Gasteiger partial charge in [0.1, 0.15) is 0 Å². The van der Waals surface area contributed by atoms with E-state index in [1.807, 2.05) is 41.9 Å². The van der Waals surface area contributed by atoms with E-state index in [1.54, 1.807) is 0 Å². The molecule has 2 unspecified atom stereocenters. The Balaban J connectivity index is 0.00000180. The summed E-state index contributed by atoms with van der Waals surface area (Å²) >= 11 is 1.95. The lowest BCUT2D eigenvalue weighted by atomic mass is 10.0. The second kappa shape index (κ2) is 7.78. The number of carbonyl (C=O) groups excluding carboxylic acids is 1. The van der Waals surface area contributed by atoms with Crippen molar-refractivity contribution in [3.05, 3.63) is 35.9 Å². The van der Waals surface area contributed by atoms with E-state index >= 15 is 0 Å². The third-order valence-electron chi connectivity index (χ3n) is 3.28. The number of likely N-dealkylation sites (N-methyl/N-ethyl adjacent to an activating group) is 1. The van der Waals surface area contributed by atoms with Gasteiger partial charge in [-0.1, -0.05) is 37.3 Å². The van der Waals surface area contributed by atoms with Crippen molar-refractivity contribution in [3.63, 3.8) is 0 Å². The topological polar surface area (TPSA) is 32.3 Å². The van der Waals surface area contributed by atoms with E-state index in [9.17, 15) is 4.79 Å². The van der Waals surface area contributed by atoms with Crippen LogP contribution in [0.2, 0.25) is 0 Å². The molecule has 0 spiro atoms. The van der Waals surface area contributed by atoms with Crippen molar-refractivity contribution in [2.24, 2.45) is 0 Å². The number of rotatable bonds is 3.